The third-order valence-electron chi connectivity index (χ3n) is 4.36. The highest BCUT2D eigenvalue weighted by molar-refractivity contribution is 5.57. The van der Waals surface area contributed by atoms with Crippen LogP contribution in [0.1, 0.15) is 12.8 Å². The molecule has 0 aromatic heterocycles. The van der Waals surface area contributed by atoms with Crippen molar-refractivity contribution >= 4 is 5.69 Å². The third kappa shape index (κ3) is 2.76. The molecule has 1 aromatic rings. The maximum Gasteiger partial charge on any atom is 0.120 e. The molecule has 0 saturated carbocycles. The topological polar surface area (TPSA) is 58.7 Å². The Kier molecular flexibility index (Phi) is 3.88. The molecule has 0 spiro atoms. The zero-order valence-corrected chi connectivity index (χ0v) is 12.3. The molecule has 112 valence electrons. The van der Waals surface area contributed by atoms with E-state index < -0.39 is 0 Å². The molecule has 4 heteroatoms. The SMILES string of the molecule is COc1cccc(N2CC(CO)CC3CC=C(N)C=C32)c1. The number of aliphatic hydroxyl groups excluding tert-OH is 1. The van der Waals surface area contributed by atoms with Gasteiger partial charge in [-0.1, -0.05) is 12.1 Å². The van der Waals surface area contributed by atoms with E-state index in [2.05, 4.69) is 23.1 Å². The van der Waals surface area contributed by atoms with Crippen LogP contribution in [0.3, 0.4) is 0 Å². The molecule has 0 bridgehead atoms. The fourth-order valence-electron chi connectivity index (χ4n) is 3.27. The first-order chi connectivity index (χ1) is 10.2. The number of nitrogens with zero attached hydrogens (tertiary/aromatic N) is 1. The van der Waals surface area contributed by atoms with Gasteiger partial charge in [0.25, 0.3) is 0 Å². The lowest BCUT2D eigenvalue weighted by atomic mass is 9.82. The van der Waals surface area contributed by atoms with E-state index >= 15 is 0 Å². The fraction of sp³-hybridized carbons (Fsp3) is 0.412. The monoisotopic (exact) mass is 286 g/mol. The average molecular weight is 286 g/mol. The first kappa shape index (κ1) is 14.0. The van der Waals surface area contributed by atoms with Gasteiger partial charge in [0.05, 0.1) is 7.11 Å². The number of rotatable bonds is 3. The number of hydrogen-bond donors (Lipinski definition) is 2. The smallest absolute Gasteiger partial charge is 0.120 e. The third-order valence-corrected chi connectivity index (χ3v) is 4.36. The molecule has 0 amide bonds. The van der Waals surface area contributed by atoms with Crippen molar-refractivity contribution in [3.8, 4) is 5.75 Å². The summed E-state index contributed by atoms with van der Waals surface area (Å²) in [6, 6.07) is 8.05. The minimum Gasteiger partial charge on any atom is -0.497 e. The summed E-state index contributed by atoms with van der Waals surface area (Å²) in [4.78, 5) is 2.28. The van der Waals surface area contributed by atoms with Crippen molar-refractivity contribution in [2.75, 3.05) is 25.2 Å². The summed E-state index contributed by atoms with van der Waals surface area (Å²) >= 11 is 0. The molecule has 1 heterocycles. The molecule has 4 nitrogen and oxygen atoms in total. The molecule has 0 radical (unpaired) electrons. The molecular weight excluding hydrogens is 264 g/mol. The van der Waals surface area contributed by atoms with Crippen molar-refractivity contribution in [3.63, 3.8) is 0 Å². The van der Waals surface area contributed by atoms with Gasteiger partial charge in [-0.05, 0) is 31.1 Å². The van der Waals surface area contributed by atoms with Crippen LogP contribution in [-0.2, 0) is 0 Å². The van der Waals surface area contributed by atoms with Gasteiger partial charge in [0.15, 0.2) is 0 Å². The second-order valence-electron chi connectivity index (χ2n) is 5.80. The van der Waals surface area contributed by atoms with Gasteiger partial charge in [-0.15, -0.1) is 0 Å². The summed E-state index contributed by atoms with van der Waals surface area (Å²) in [5.74, 6) is 1.58. The Bertz CT molecular complexity index is 580. The Labute approximate surface area is 125 Å². The Balaban J connectivity index is 1.97. The van der Waals surface area contributed by atoms with E-state index in [4.69, 9.17) is 10.5 Å². The summed E-state index contributed by atoms with van der Waals surface area (Å²) in [6.45, 7) is 1.04. The highest BCUT2D eigenvalue weighted by atomic mass is 16.5. The standard InChI is InChI=1S/C17H22N2O2/c1-21-16-4-2-3-15(9-16)19-10-12(11-20)7-13-5-6-14(18)8-17(13)19/h2-4,6,8-9,12-13,20H,5,7,10-11,18H2,1H3. The normalized spacial score (nSPS) is 25.0. The molecule has 1 aromatic carbocycles. The molecule has 1 saturated heterocycles. The number of fused-ring (bicyclic) bond motifs is 1. The van der Waals surface area contributed by atoms with Crippen LogP contribution in [0.2, 0.25) is 0 Å². The Morgan fingerprint density at radius 2 is 2.29 bits per heavy atom. The Morgan fingerprint density at radius 1 is 1.43 bits per heavy atom. The van der Waals surface area contributed by atoms with Crippen LogP contribution in [0.4, 0.5) is 5.69 Å². The van der Waals surface area contributed by atoms with E-state index in [1.165, 1.54) is 5.70 Å². The summed E-state index contributed by atoms with van der Waals surface area (Å²) in [7, 11) is 1.68. The molecule has 21 heavy (non-hydrogen) atoms. The zero-order chi connectivity index (χ0) is 14.8. The van der Waals surface area contributed by atoms with Crippen LogP contribution < -0.4 is 15.4 Å². The van der Waals surface area contributed by atoms with Crippen LogP contribution in [0.5, 0.6) is 5.75 Å². The highest BCUT2D eigenvalue weighted by Crippen LogP contribution is 2.39. The lowest BCUT2D eigenvalue weighted by Gasteiger charge is -2.42. The minimum atomic E-state index is 0.226. The number of anilines is 1. The van der Waals surface area contributed by atoms with Crippen molar-refractivity contribution in [2.45, 2.75) is 12.8 Å². The summed E-state index contributed by atoms with van der Waals surface area (Å²) < 4.78 is 5.32. The van der Waals surface area contributed by atoms with Gasteiger partial charge in [-0.3, -0.25) is 0 Å². The predicted molar refractivity (Wildman–Crippen MR) is 84.0 cm³/mol. The minimum absolute atomic E-state index is 0.226. The van der Waals surface area contributed by atoms with Crippen LogP contribution in [0.25, 0.3) is 0 Å². The number of aliphatic hydroxyl groups is 1. The van der Waals surface area contributed by atoms with E-state index in [9.17, 15) is 5.11 Å². The van der Waals surface area contributed by atoms with Gasteiger partial charge >= 0.3 is 0 Å². The number of hydrogen-bond acceptors (Lipinski definition) is 4. The molecule has 1 fully saturated rings. The molecule has 2 aliphatic rings. The number of methoxy groups -OCH3 is 1. The quantitative estimate of drug-likeness (QED) is 0.895. The Hall–Kier alpha value is -1.94. The Morgan fingerprint density at radius 3 is 3.05 bits per heavy atom. The maximum atomic E-state index is 9.59. The highest BCUT2D eigenvalue weighted by Gasteiger charge is 2.32. The molecule has 2 unspecified atom stereocenters. The molecule has 3 N–H and O–H groups in total. The molecule has 1 aliphatic carbocycles. The van der Waals surface area contributed by atoms with Crippen LogP contribution in [0.15, 0.2) is 47.8 Å². The van der Waals surface area contributed by atoms with E-state index in [0.29, 0.717) is 11.8 Å². The number of benzene rings is 1. The second-order valence-corrected chi connectivity index (χ2v) is 5.80. The largest absolute Gasteiger partial charge is 0.497 e. The van der Waals surface area contributed by atoms with Gasteiger partial charge in [-0.25, -0.2) is 0 Å². The van der Waals surface area contributed by atoms with E-state index in [1.807, 2.05) is 18.2 Å². The summed E-state index contributed by atoms with van der Waals surface area (Å²) in [6.07, 6.45) is 6.13. The van der Waals surface area contributed by atoms with E-state index in [1.54, 1.807) is 7.11 Å². The fourth-order valence-corrected chi connectivity index (χ4v) is 3.27. The number of allylic oxidation sites excluding steroid dienone is 3. The van der Waals surface area contributed by atoms with Crippen molar-refractivity contribution < 1.29 is 9.84 Å². The second kappa shape index (κ2) is 5.82. The van der Waals surface area contributed by atoms with Crippen LogP contribution >= 0.6 is 0 Å². The number of piperidine rings is 1. The maximum absolute atomic E-state index is 9.59. The van der Waals surface area contributed by atoms with Crippen molar-refractivity contribution in [2.24, 2.45) is 17.6 Å². The van der Waals surface area contributed by atoms with Crippen molar-refractivity contribution in [1.82, 2.24) is 0 Å². The van der Waals surface area contributed by atoms with Gasteiger partial charge in [0.2, 0.25) is 0 Å². The lowest BCUT2D eigenvalue weighted by molar-refractivity contribution is 0.196. The van der Waals surface area contributed by atoms with Gasteiger partial charge in [-0.2, -0.15) is 0 Å². The number of nitrogens with two attached hydrogens (primary N) is 1. The molecule has 1 aliphatic heterocycles. The number of ether oxygens (including phenoxy) is 1. The first-order valence-corrected chi connectivity index (χ1v) is 7.41. The predicted octanol–water partition coefficient (Wildman–Crippen LogP) is 2.26. The van der Waals surface area contributed by atoms with Gasteiger partial charge < -0.3 is 20.5 Å². The van der Waals surface area contributed by atoms with E-state index in [-0.39, 0.29) is 6.61 Å². The van der Waals surface area contributed by atoms with Gasteiger partial charge in [0, 0.05) is 48.1 Å². The first-order valence-electron chi connectivity index (χ1n) is 7.41. The average Bonchev–Trinajstić information content (AvgIpc) is 2.54. The van der Waals surface area contributed by atoms with Crippen molar-refractivity contribution in [1.29, 1.82) is 0 Å². The van der Waals surface area contributed by atoms with Crippen molar-refractivity contribution in [3.05, 3.63) is 47.8 Å². The summed E-state index contributed by atoms with van der Waals surface area (Å²) in [5, 5.41) is 9.59. The van der Waals surface area contributed by atoms with Crippen LogP contribution in [0, 0.1) is 11.8 Å². The van der Waals surface area contributed by atoms with Gasteiger partial charge in [0.1, 0.15) is 5.75 Å². The molecular formula is C17H22N2O2. The molecule has 3 rings (SSSR count). The molecule has 2 atom stereocenters. The van der Waals surface area contributed by atoms with Crippen LogP contribution in [-0.4, -0.2) is 25.4 Å². The van der Waals surface area contributed by atoms with E-state index in [0.717, 1.165) is 36.5 Å². The summed E-state index contributed by atoms with van der Waals surface area (Å²) in [5.41, 5.74) is 9.17. The lowest BCUT2D eigenvalue weighted by Crippen LogP contribution is -2.41. The zero-order valence-electron chi connectivity index (χ0n) is 12.3.